The highest BCUT2D eigenvalue weighted by molar-refractivity contribution is 5.39. The molecule has 1 aliphatic heterocycles. The van der Waals surface area contributed by atoms with Gasteiger partial charge in [-0.15, -0.1) is 0 Å². The molecule has 0 saturated carbocycles. The molecule has 0 bridgehead atoms. The molecular formula is C10H18N4. The van der Waals surface area contributed by atoms with Crippen molar-refractivity contribution in [2.75, 3.05) is 31.1 Å². The molecule has 78 valence electrons. The van der Waals surface area contributed by atoms with E-state index in [1.807, 2.05) is 0 Å². The van der Waals surface area contributed by atoms with Crippen LogP contribution in [0.5, 0.6) is 0 Å². The van der Waals surface area contributed by atoms with E-state index in [1.54, 1.807) is 0 Å². The van der Waals surface area contributed by atoms with Gasteiger partial charge in [0.25, 0.3) is 0 Å². The van der Waals surface area contributed by atoms with Crippen LogP contribution in [0, 0.1) is 0 Å². The van der Waals surface area contributed by atoms with Crippen LogP contribution in [0.15, 0.2) is 6.07 Å². The summed E-state index contributed by atoms with van der Waals surface area (Å²) in [5, 5.41) is 10.8. The SMILES string of the molecule is CCCc1cc(N2CCNCC2)n[nH]1. The predicted octanol–water partition coefficient (Wildman–Crippen LogP) is 0.772. The first-order valence-corrected chi connectivity index (χ1v) is 5.40. The molecule has 1 aromatic rings. The number of aryl methyl sites for hydroxylation is 1. The fraction of sp³-hybridized carbons (Fsp3) is 0.700. The lowest BCUT2D eigenvalue weighted by Crippen LogP contribution is -2.43. The van der Waals surface area contributed by atoms with E-state index in [1.165, 1.54) is 12.1 Å². The molecule has 0 aromatic carbocycles. The molecule has 0 spiro atoms. The average molecular weight is 194 g/mol. The maximum Gasteiger partial charge on any atom is 0.150 e. The Hall–Kier alpha value is -1.03. The van der Waals surface area contributed by atoms with Crippen molar-refractivity contribution in [3.05, 3.63) is 11.8 Å². The van der Waals surface area contributed by atoms with Gasteiger partial charge in [-0.25, -0.2) is 0 Å². The Balaban J connectivity index is 2.00. The third-order valence-electron chi connectivity index (χ3n) is 2.58. The Kier molecular flexibility index (Phi) is 3.03. The average Bonchev–Trinajstić information content (AvgIpc) is 2.68. The fourth-order valence-corrected chi connectivity index (χ4v) is 1.80. The van der Waals surface area contributed by atoms with Crippen LogP contribution in [0.2, 0.25) is 0 Å². The molecule has 0 radical (unpaired) electrons. The van der Waals surface area contributed by atoms with Gasteiger partial charge in [0.05, 0.1) is 0 Å². The fourth-order valence-electron chi connectivity index (χ4n) is 1.80. The highest BCUT2D eigenvalue weighted by Gasteiger charge is 2.12. The van der Waals surface area contributed by atoms with Crippen molar-refractivity contribution in [3.8, 4) is 0 Å². The van der Waals surface area contributed by atoms with E-state index < -0.39 is 0 Å². The van der Waals surface area contributed by atoms with Crippen LogP contribution in [0.25, 0.3) is 0 Å². The van der Waals surface area contributed by atoms with Gasteiger partial charge in [-0.05, 0) is 6.42 Å². The Morgan fingerprint density at radius 1 is 1.43 bits per heavy atom. The maximum atomic E-state index is 4.33. The van der Waals surface area contributed by atoms with Crippen molar-refractivity contribution >= 4 is 5.82 Å². The van der Waals surface area contributed by atoms with E-state index >= 15 is 0 Å². The van der Waals surface area contributed by atoms with Crippen molar-refractivity contribution in [2.24, 2.45) is 0 Å². The molecule has 1 saturated heterocycles. The zero-order valence-corrected chi connectivity index (χ0v) is 8.71. The highest BCUT2D eigenvalue weighted by atomic mass is 15.3. The molecular weight excluding hydrogens is 176 g/mol. The maximum absolute atomic E-state index is 4.33. The number of hydrogen-bond donors (Lipinski definition) is 2. The zero-order valence-electron chi connectivity index (χ0n) is 8.71. The number of piperazine rings is 1. The number of aromatic nitrogens is 2. The van der Waals surface area contributed by atoms with Gasteiger partial charge in [0.1, 0.15) is 0 Å². The number of H-pyrrole nitrogens is 1. The molecule has 2 heterocycles. The Labute approximate surface area is 84.7 Å². The molecule has 0 aliphatic carbocycles. The molecule has 1 aromatic heterocycles. The summed E-state index contributed by atoms with van der Waals surface area (Å²) >= 11 is 0. The van der Waals surface area contributed by atoms with Gasteiger partial charge in [-0.1, -0.05) is 13.3 Å². The lowest BCUT2D eigenvalue weighted by molar-refractivity contribution is 0.584. The molecule has 4 nitrogen and oxygen atoms in total. The second-order valence-corrected chi connectivity index (χ2v) is 3.74. The van der Waals surface area contributed by atoms with E-state index in [4.69, 9.17) is 0 Å². The van der Waals surface area contributed by atoms with Crippen LogP contribution >= 0.6 is 0 Å². The van der Waals surface area contributed by atoms with Crippen LogP contribution in [0.4, 0.5) is 5.82 Å². The summed E-state index contributed by atoms with van der Waals surface area (Å²) in [5.41, 5.74) is 1.25. The van der Waals surface area contributed by atoms with Gasteiger partial charge in [0, 0.05) is 37.9 Å². The topological polar surface area (TPSA) is 44.0 Å². The summed E-state index contributed by atoms with van der Waals surface area (Å²) in [4.78, 5) is 2.33. The van der Waals surface area contributed by atoms with E-state index in [2.05, 4.69) is 33.4 Å². The van der Waals surface area contributed by atoms with E-state index in [-0.39, 0.29) is 0 Å². The molecule has 1 fully saturated rings. The minimum atomic E-state index is 1.07. The number of nitrogens with one attached hydrogen (secondary N) is 2. The van der Waals surface area contributed by atoms with Crippen LogP contribution in [0.3, 0.4) is 0 Å². The number of hydrogen-bond acceptors (Lipinski definition) is 3. The van der Waals surface area contributed by atoms with Crippen LogP contribution in [0.1, 0.15) is 19.0 Å². The summed E-state index contributed by atoms with van der Waals surface area (Å²) in [5.74, 6) is 1.11. The van der Waals surface area contributed by atoms with Gasteiger partial charge in [-0.3, -0.25) is 5.10 Å². The standard InChI is InChI=1S/C10H18N4/c1-2-3-9-8-10(13-12-9)14-6-4-11-5-7-14/h8,11H,2-7H2,1H3,(H,12,13). The second-order valence-electron chi connectivity index (χ2n) is 3.74. The van der Waals surface area contributed by atoms with Gasteiger partial charge in [0.2, 0.25) is 0 Å². The van der Waals surface area contributed by atoms with Crippen molar-refractivity contribution in [2.45, 2.75) is 19.8 Å². The third-order valence-corrected chi connectivity index (χ3v) is 2.58. The molecule has 0 atom stereocenters. The number of nitrogens with zero attached hydrogens (tertiary/aromatic N) is 2. The van der Waals surface area contributed by atoms with E-state index in [0.717, 1.165) is 38.4 Å². The van der Waals surface area contributed by atoms with Gasteiger partial charge in [-0.2, -0.15) is 5.10 Å². The van der Waals surface area contributed by atoms with Crippen LogP contribution in [-0.2, 0) is 6.42 Å². The lowest BCUT2D eigenvalue weighted by Gasteiger charge is -2.26. The number of rotatable bonds is 3. The molecule has 0 unspecified atom stereocenters. The molecule has 2 rings (SSSR count). The van der Waals surface area contributed by atoms with Gasteiger partial charge < -0.3 is 10.2 Å². The normalized spacial score (nSPS) is 17.4. The highest BCUT2D eigenvalue weighted by Crippen LogP contribution is 2.13. The number of anilines is 1. The summed E-state index contributed by atoms with van der Waals surface area (Å²) in [6.45, 7) is 6.45. The Morgan fingerprint density at radius 3 is 2.93 bits per heavy atom. The largest absolute Gasteiger partial charge is 0.353 e. The smallest absolute Gasteiger partial charge is 0.150 e. The summed E-state index contributed by atoms with van der Waals surface area (Å²) in [6.07, 6.45) is 2.27. The third kappa shape index (κ3) is 2.07. The van der Waals surface area contributed by atoms with Crippen molar-refractivity contribution in [3.63, 3.8) is 0 Å². The molecule has 2 N–H and O–H groups in total. The summed E-state index contributed by atoms with van der Waals surface area (Å²) < 4.78 is 0. The van der Waals surface area contributed by atoms with Crippen LogP contribution < -0.4 is 10.2 Å². The first-order valence-electron chi connectivity index (χ1n) is 5.40. The lowest BCUT2D eigenvalue weighted by atomic mass is 10.2. The minimum absolute atomic E-state index is 1.07. The quantitative estimate of drug-likeness (QED) is 0.747. The molecule has 4 heteroatoms. The van der Waals surface area contributed by atoms with Crippen molar-refractivity contribution < 1.29 is 0 Å². The van der Waals surface area contributed by atoms with Gasteiger partial charge in [0.15, 0.2) is 5.82 Å². The van der Waals surface area contributed by atoms with Gasteiger partial charge >= 0.3 is 0 Å². The first-order chi connectivity index (χ1) is 6.90. The Bertz CT molecular complexity index is 275. The summed E-state index contributed by atoms with van der Waals surface area (Å²) in [7, 11) is 0. The number of aromatic amines is 1. The first kappa shape index (κ1) is 9.52. The second kappa shape index (κ2) is 4.46. The van der Waals surface area contributed by atoms with E-state index in [9.17, 15) is 0 Å². The predicted molar refractivity (Wildman–Crippen MR) is 57.7 cm³/mol. The van der Waals surface area contributed by atoms with Crippen molar-refractivity contribution in [1.82, 2.24) is 15.5 Å². The van der Waals surface area contributed by atoms with Crippen LogP contribution in [-0.4, -0.2) is 36.4 Å². The zero-order chi connectivity index (χ0) is 9.80. The molecule has 14 heavy (non-hydrogen) atoms. The van der Waals surface area contributed by atoms with Crippen molar-refractivity contribution in [1.29, 1.82) is 0 Å². The molecule has 1 aliphatic rings. The Morgan fingerprint density at radius 2 is 2.21 bits per heavy atom. The van der Waals surface area contributed by atoms with E-state index in [0.29, 0.717) is 0 Å². The summed E-state index contributed by atoms with van der Waals surface area (Å²) in [6, 6.07) is 2.18. The monoisotopic (exact) mass is 194 g/mol. The molecule has 0 amide bonds. The minimum Gasteiger partial charge on any atom is -0.353 e.